The zero-order chi connectivity index (χ0) is 24.9. The van der Waals surface area contributed by atoms with Gasteiger partial charge >= 0.3 is 6.09 Å². The Morgan fingerprint density at radius 3 is 2.74 bits per heavy atom. The van der Waals surface area contributed by atoms with E-state index >= 15 is 0 Å². The molecule has 2 rings (SSSR count). The van der Waals surface area contributed by atoms with Crippen LogP contribution in [0.1, 0.15) is 38.2 Å². The number of likely N-dealkylation sites (tertiary alicyclic amines) is 1. The van der Waals surface area contributed by atoms with Gasteiger partial charge in [-0.15, -0.1) is 0 Å². The predicted molar refractivity (Wildman–Crippen MR) is 123 cm³/mol. The molecule has 1 aliphatic heterocycles. The van der Waals surface area contributed by atoms with Crippen LogP contribution in [-0.2, 0) is 20.9 Å². The first-order valence-corrected chi connectivity index (χ1v) is 11.1. The molecule has 186 valence electrons. The summed E-state index contributed by atoms with van der Waals surface area (Å²) in [6.07, 6.45) is 0.916. The van der Waals surface area contributed by atoms with Crippen molar-refractivity contribution in [1.82, 2.24) is 21.0 Å². The number of carbonyl (C=O) groups excluding carboxylic acids is 3. The van der Waals surface area contributed by atoms with Crippen molar-refractivity contribution >= 4 is 23.9 Å². The fraction of sp³-hybridized carbons (Fsp3) is 0.524. The Balaban J connectivity index is 2.02. The number of hydrazine groups is 1. The molecule has 1 aromatic carbocycles. The predicted octanol–water partition coefficient (Wildman–Crippen LogP) is 0.285. The highest BCUT2D eigenvalue weighted by molar-refractivity contribution is 5.91. The highest BCUT2D eigenvalue weighted by Crippen LogP contribution is 2.20. The number of nitrogens with one attached hydrogen (secondary N) is 3. The minimum Gasteiger partial charge on any atom is -0.445 e. The molecule has 1 saturated heterocycles. The van der Waals surface area contributed by atoms with Crippen LogP contribution in [0.25, 0.3) is 0 Å². The van der Waals surface area contributed by atoms with Crippen LogP contribution >= 0.6 is 0 Å². The lowest BCUT2D eigenvalue weighted by molar-refractivity contribution is -0.525. The van der Waals surface area contributed by atoms with Crippen molar-refractivity contribution < 1.29 is 24.2 Å². The summed E-state index contributed by atoms with van der Waals surface area (Å²) in [6, 6.07) is 7.52. The summed E-state index contributed by atoms with van der Waals surface area (Å²) in [5, 5.41) is 14.9. The normalized spacial score (nSPS) is 16.4. The number of alkyl carbamates (subject to hydrolysis) is 1. The van der Waals surface area contributed by atoms with Crippen molar-refractivity contribution in [3.63, 3.8) is 0 Å². The number of aliphatic imine (C=N–C) groups is 1. The molecule has 13 heteroatoms. The summed E-state index contributed by atoms with van der Waals surface area (Å²) in [4.78, 5) is 53.7. The molecule has 1 fully saturated rings. The highest BCUT2D eigenvalue weighted by atomic mass is 16.7. The molecule has 0 spiro atoms. The lowest BCUT2D eigenvalue weighted by atomic mass is 10.1. The van der Waals surface area contributed by atoms with Crippen LogP contribution in [0.15, 0.2) is 35.3 Å². The first-order valence-electron chi connectivity index (χ1n) is 11.1. The number of rotatable bonds is 11. The maximum absolute atomic E-state index is 13.3. The van der Waals surface area contributed by atoms with Crippen LogP contribution in [0.5, 0.6) is 0 Å². The van der Waals surface area contributed by atoms with E-state index in [9.17, 15) is 24.5 Å². The Morgan fingerprint density at radius 1 is 1.32 bits per heavy atom. The lowest BCUT2D eigenvalue weighted by Gasteiger charge is -2.28. The number of ether oxygens (including phenoxy) is 1. The molecule has 0 saturated carbocycles. The van der Waals surface area contributed by atoms with Crippen LogP contribution < -0.4 is 21.8 Å². The Bertz CT molecular complexity index is 880. The molecule has 1 aliphatic rings. The van der Waals surface area contributed by atoms with Crippen LogP contribution in [0.4, 0.5) is 4.79 Å². The van der Waals surface area contributed by atoms with E-state index in [4.69, 9.17) is 10.5 Å². The van der Waals surface area contributed by atoms with Crippen LogP contribution in [0.3, 0.4) is 0 Å². The fourth-order valence-electron chi connectivity index (χ4n) is 3.58. The van der Waals surface area contributed by atoms with Gasteiger partial charge in [-0.05, 0) is 38.2 Å². The Kier molecular flexibility index (Phi) is 10.5. The quantitative estimate of drug-likeness (QED) is 0.115. The van der Waals surface area contributed by atoms with E-state index in [-0.39, 0.29) is 31.4 Å². The van der Waals surface area contributed by atoms with Crippen molar-refractivity contribution in [2.24, 2.45) is 10.7 Å². The second-order valence-corrected chi connectivity index (χ2v) is 7.62. The summed E-state index contributed by atoms with van der Waals surface area (Å²) in [6.45, 7) is 2.77. The van der Waals surface area contributed by atoms with Crippen molar-refractivity contribution in [2.45, 2.75) is 51.3 Å². The number of benzene rings is 1. The van der Waals surface area contributed by atoms with Crippen molar-refractivity contribution in [3.05, 3.63) is 46.0 Å². The monoisotopic (exact) mass is 477 g/mol. The van der Waals surface area contributed by atoms with Crippen molar-refractivity contribution in [2.75, 3.05) is 19.6 Å². The molecule has 1 aromatic rings. The average Bonchev–Trinajstić information content (AvgIpc) is 3.30. The van der Waals surface area contributed by atoms with Gasteiger partial charge in [0.25, 0.3) is 5.96 Å². The molecule has 34 heavy (non-hydrogen) atoms. The summed E-state index contributed by atoms with van der Waals surface area (Å²) < 4.78 is 5.24. The molecule has 1 heterocycles. The zero-order valence-corrected chi connectivity index (χ0v) is 19.1. The maximum Gasteiger partial charge on any atom is 0.408 e. The number of nitro groups is 1. The summed E-state index contributed by atoms with van der Waals surface area (Å²) in [5.41, 5.74) is 7.92. The Morgan fingerprint density at radius 2 is 2.06 bits per heavy atom. The van der Waals surface area contributed by atoms with E-state index in [1.807, 2.05) is 18.2 Å². The second kappa shape index (κ2) is 13.6. The molecule has 13 nitrogen and oxygen atoms in total. The largest absolute Gasteiger partial charge is 0.445 e. The van der Waals surface area contributed by atoms with Gasteiger partial charge in [0.2, 0.25) is 11.8 Å². The van der Waals surface area contributed by atoms with Gasteiger partial charge in [0.15, 0.2) is 5.03 Å². The number of nitrogens with two attached hydrogens (primary N) is 1. The second-order valence-electron chi connectivity index (χ2n) is 7.62. The van der Waals surface area contributed by atoms with E-state index in [1.54, 1.807) is 24.5 Å². The van der Waals surface area contributed by atoms with Gasteiger partial charge in [-0.1, -0.05) is 35.8 Å². The Hall–Kier alpha value is -3.90. The number of nitrogens with zero attached hydrogens (tertiary/aromatic N) is 3. The van der Waals surface area contributed by atoms with E-state index in [2.05, 4.69) is 15.6 Å². The summed E-state index contributed by atoms with van der Waals surface area (Å²) in [7, 11) is 0. The van der Waals surface area contributed by atoms with E-state index in [1.165, 1.54) is 4.90 Å². The van der Waals surface area contributed by atoms with E-state index in [0.29, 0.717) is 32.4 Å². The highest BCUT2D eigenvalue weighted by Gasteiger charge is 2.37. The summed E-state index contributed by atoms with van der Waals surface area (Å²) in [5.74, 6) is -0.994. The van der Waals surface area contributed by atoms with Gasteiger partial charge in [0.1, 0.15) is 18.7 Å². The fourth-order valence-corrected chi connectivity index (χ4v) is 3.58. The number of carbonyl (C=O) groups is 3. The third-order valence-electron chi connectivity index (χ3n) is 5.13. The first-order chi connectivity index (χ1) is 16.3. The minimum absolute atomic E-state index is 0.0339. The molecule has 0 aromatic heterocycles. The number of guanidine groups is 1. The molecular formula is C21H31N7O6. The minimum atomic E-state index is -0.960. The SMILES string of the molecule is CCNC(=O)[C@@H]1CCCN1C(=O)[C@H](CCCN=C(N)N[N+](=O)[O-])NC(=O)OCc1ccccc1. The molecule has 5 N–H and O–H groups in total. The van der Waals surface area contributed by atoms with Crippen molar-refractivity contribution in [1.29, 1.82) is 0 Å². The molecule has 3 amide bonds. The van der Waals surface area contributed by atoms with Gasteiger partial charge in [-0.2, -0.15) is 0 Å². The molecule has 0 aliphatic carbocycles. The molecular weight excluding hydrogens is 446 g/mol. The number of amides is 3. The summed E-state index contributed by atoms with van der Waals surface area (Å²) >= 11 is 0. The topological polar surface area (TPSA) is 181 Å². The average molecular weight is 478 g/mol. The zero-order valence-electron chi connectivity index (χ0n) is 19.1. The van der Waals surface area contributed by atoms with E-state index < -0.39 is 29.1 Å². The van der Waals surface area contributed by atoms with Crippen LogP contribution in [-0.4, -0.2) is 65.5 Å². The van der Waals surface area contributed by atoms with Crippen LogP contribution in [0, 0.1) is 10.1 Å². The Labute approximate surface area is 197 Å². The third kappa shape index (κ3) is 8.56. The van der Waals surface area contributed by atoms with Crippen LogP contribution in [0.2, 0.25) is 0 Å². The van der Waals surface area contributed by atoms with Gasteiger partial charge in [0.05, 0.1) is 0 Å². The van der Waals surface area contributed by atoms with E-state index in [0.717, 1.165) is 5.56 Å². The number of hydrogen-bond donors (Lipinski definition) is 4. The lowest BCUT2D eigenvalue weighted by Crippen LogP contribution is -2.53. The number of hydrogen-bond acceptors (Lipinski definition) is 7. The standard InChI is InChI=1S/C21H31N7O6/c1-2-23-18(29)17-11-7-13-27(17)19(30)16(10-6-12-24-20(22)26-28(32)33)25-21(31)34-14-15-8-4-3-5-9-15/h3-5,8-9,16-17H,2,6-7,10-14H2,1H3,(H,23,29)(H,25,31)(H3,22,24,26)/t16-,17-/m0/s1. The molecule has 0 unspecified atom stereocenters. The van der Waals surface area contributed by atoms with Gasteiger partial charge in [-0.3, -0.25) is 9.59 Å². The first kappa shape index (κ1) is 26.4. The van der Waals surface area contributed by atoms with Gasteiger partial charge in [-0.25, -0.2) is 19.9 Å². The molecule has 2 atom stereocenters. The molecule has 0 bridgehead atoms. The van der Waals surface area contributed by atoms with Gasteiger partial charge in [0, 0.05) is 19.6 Å². The molecule has 0 radical (unpaired) electrons. The van der Waals surface area contributed by atoms with Crippen molar-refractivity contribution in [3.8, 4) is 0 Å². The smallest absolute Gasteiger partial charge is 0.408 e. The number of likely N-dealkylation sites (N-methyl/N-ethyl adjacent to an activating group) is 1. The third-order valence-corrected chi connectivity index (χ3v) is 5.13. The maximum atomic E-state index is 13.3. The van der Waals surface area contributed by atoms with Gasteiger partial charge < -0.3 is 26.0 Å².